The summed E-state index contributed by atoms with van der Waals surface area (Å²) in [5.74, 6) is -12.3. The van der Waals surface area contributed by atoms with Crippen LogP contribution in [0.25, 0.3) is 0 Å². The fourth-order valence-electron chi connectivity index (χ4n) is 4.40. The Morgan fingerprint density at radius 1 is 0.440 bits per heavy atom. The van der Waals surface area contributed by atoms with Crippen LogP contribution in [0.5, 0.6) is 0 Å². The SMILES string of the molecule is CC(C)(C)OC(=O)[C@@H](CCCC(F)(F)F)[C@@H](CCC(F)(F)F)C(=O)O.CC(C)(C)OC(=O)[C@H](CCCC(F)(F)F)[C@@H](CCC(F)(F)F)C(=O)O. The highest BCUT2D eigenvalue weighted by molar-refractivity contribution is 5.82. The van der Waals surface area contributed by atoms with Crippen molar-refractivity contribution in [3.8, 4) is 0 Å². The van der Waals surface area contributed by atoms with E-state index in [1.54, 1.807) is 0 Å². The summed E-state index contributed by atoms with van der Waals surface area (Å²) in [6.45, 7) is 8.77. The van der Waals surface area contributed by atoms with Crippen LogP contribution in [0.15, 0.2) is 0 Å². The van der Waals surface area contributed by atoms with Gasteiger partial charge in [0.05, 0.1) is 23.7 Å². The second kappa shape index (κ2) is 19.6. The lowest BCUT2D eigenvalue weighted by Gasteiger charge is -2.27. The Bertz CT molecular complexity index is 985. The first kappa shape index (κ1) is 49.2. The third kappa shape index (κ3) is 26.8. The minimum atomic E-state index is -4.64. The van der Waals surface area contributed by atoms with Gasteiger partial charge in [-0.2, -0.15) is 52.7 Å². The van der Waals surface area contributed by atoms with E-state index in [2.05, 4.69) is 0 Å². The number of alkyl halides is 12. The van der Waals surface area contributed by atoms with Gasteiger partial charge >= 0.3 is 48.6 Å². The van der Waals surface area contributed by atoms with Crippen LogP contribution in [0.1, 0.15) is 106 Å². The summed E-state index contributed by atoms with van der Waals surface area (Å²) < 4.78 is 158. The Kier molecular flexibility index (Phi) is 19.3. The van der Waals surface area contributed by atoms with Crippen LogP contribution in [0.2, 0.25) is 0 Å². The Labute approximate surface area is 281 Å². The molecule has 20 heteroatoms. The van der Waals surface area contributed by atoms with Crippen LogP contribution < -0.4 is 0 Å². The van der Waals surface area contributed by atoms with Crippen LogP contribution in [-0.4, -0.2) is 70.0 Å². The highest BCUT2D eigenvalue weighted by atomic mass is 19.4. The number of hydrogen-bond donors (Lipinski definition) is 2. The first-order valence-electron chi connectivity index (χ1n) is 15.2. The zero-order valence-electron chi connectivity index (χ0n) is 28.3. The second-order valence-corrected chi connectivity index (χ2v) is 13.5. The monoisotopic (exact) mass is 760 g/mol. The second-order valence-electron chi connectivity index (χ2n) is 13.5. The maximum absolute atomic E-state index is 12.4. The maximum Gasteiger partial charge on any atom is 0.389 e. The van der Waals surface area contributed by atoms with E-state index in [4.69, 9.17) is 19.7 Å². The molecule has 0 aromatic rings. The molecule has 4 atom stereocenters. The highest BCUT2D eigenvalue weighted by Gasteiger charge is 2.41. The van der Waals surface area contributed by atoms with Crippen LogP contribution in [0, 0.1) is 23.7 Å². The molecule has 0 bridgehead atoms. The van der Waals surface area contributed by atoms with Gasteiger partial charge in [-0.25, -0.2) is 0 Å². The molecule has 0 spiro atoms. The molecule has 0 fully saturated rings. The number of esters is 2. The summed E-state index contributed by atoms with van der Waals surface area (Å²) >= 11 is 0. The zero-order chi connectivity index (χ0) is 40.1. The van der Waals surface area contributed by atoms with Crippen molar-refractivity contribution in [2.75, 3.05) is 0 Å². The minimum absolute atomic E-state index is 0.525. The molecule has 0 rings (SSSR count). The summed E-state index contributed by atoms with van der Waals surface area (Å²) in [5.41, 5.74) is -2.10. The molecule has 0 saturated carbocycles. The molecule has 0 aliphatic carbocycles. The van der Waals surface area contributed by atoms with Gasteiger partial charge in [-0.05, 0) is 80.1 Å². The number of carbonyl (C=O) groups is 4. The van der Waals surface area contributed by atoms with Crippen LogP contribution in [0.4, 0.5) is 52.7 Å². The van der Waals surface area contributed by atoms with Gasteiger partial charge in [0.2, 0.25) is 0 Å². The number of carbonyl (C=O) groups excluding carboxylic acids is 2. The standard InChI is InChI=1S/2C15H22F6O4/c2*1-13(2,3)25-12(24)10(5-4-7-14(16,17)18)9(11(22)23)6-8-15(19,20)21/h2*9-10H,4-8H2,1-3H3,(H,22,23)/t9-,10+;9-,10-/m11/s1. The lowest BCUT2D eigenvalue weighted by Crippen LogP contribution is -2.36. The maximum atomic E-state index is 12.4. The molecule has 296 valence electrons. The largest absolute Gasteiger partial charge is 0.481 e. The third-order valence-electron chi connectivity index (χ3n) is 6.45. The van der Waals surface area contributed by atoms with E-state index < -0.39 is 148 Å². The van der Waals surface area contributed by atoms with E-state index in [-0.39, 0.29) is 0 Å². The Morgan fingerprint density at radius 2 is 0.680 bits per heavy atom. The van der Waals surface area contributed by atoms with Crippen molar-refractivity contribution in [1.29, 1.82) is 0 Å². The fourth-order valence-corrected chi connectivity index (χ4v) is 4.40. The molecular weight excluding hydrogens is 716 g/mol. The first-order chi connectivity index (χ1) is 22.0. The van der Waals surface area contributed by atoms with E-state index in [1.165, 1.54) is 41.5 Å². The van der Waals surface area contributed by atoms with E-state index >= 15 is 0 Å². The van der Waals surface area contributed by atoms with Crippen molar-refractivity contribution >= 4 is 23.9 Å². The normalized spacial score (nSPS) is 15.6. The molecule has 50 heavy (non-hydrogen) atoms. The molecular formula is C30H44F12O8. The van der Waals surface area contributed by atoms with Gasteiger partial charge in [0.15, 0.2) is 0 Å². The number of hydrogen-bond acceptors (Lipinski definition) is 6. The van der Waals surface area contributed by atoms with Crippen LogP contribution in [0.3, 0.4) is 0 Å². The van der Waals surface area contributed by atoms with E-state index in [9.17, 15) is 71.9 Å². The molecule has 0 saturated heterocycles. The molecule has 0 heterocycles. The summed E-state index contributed by atoms with van der Waals surface area (Å²) in [4.78, 5) is 46.9. The summed E-state index contributed by atoms with van der Waals surface area (Å²) in [6, 6.07) is 0. The minimum Gasteiger partial charge on any atom is -0.481 e. The summed E-state index contributed by atoms with van der Waals surface area (Å²) in [5, 5.41) is 18.3. The summed E-state index contributed by atoms with van der Waals surface area (Å²) in [7, 11) is 0. The van der Waals surface area contributed by atoms with Gasteiger partial charge in [-0.1, -0.05) is 0 Å². The Morgan fingerprint density at radius 3 is 0.860 bits per heavy atom. The summed E-state index contributed by atoms with van der Waals surface area (Å²) in [6.07, 6.45) is -27.8. The third-order valence-corrected chi connectivity index (χ3v) is 6.45. The predicted molar refractivity (Wildman–Crippen MR) is 151 cm³/mol. The van der Waals surface area contributed by atoms with Gasteiger partial charge in [0.1, 0.15) is 11.2 Å². The van der Waals surface area contributed by atoms with Crippen molar-refractivity contribution in [3.05, 3.63) is 0 Å². The average molecular weight is 761 g/mol. The lowest BCUT2D eigenvalue weighted by molar-refractivity contribution is -0.171. The van der Waals surface area contributed by atoms with Gasteiger partial charge in [-0.15, -0.1) is 0 Å². The fraction of sp³-hybridized carbons (Fsp3) is 0.867. The molecule has 0 aromatic carbocycles. The van der Waals surface area contributed by atoms with Crippen LogP contribution in [-0.2, 0) is 28.7 Å². The number of ether oxygens (including phenoxy) is 2. The number of carboxylic acids is 2. The van der Waals surface area contributed by atoms with E-state index in [1.807, 2.05) is 0 Å². The molecule has 0 aliphatic rings. The molecule has 8 nitrogen and oxygen atoms in total. The number of halogens is 12. The molecule has 0 aliphatic heterocycles. The molecule has 0 unspecified atom stereocenters. The highest BCUT2D eigenvalue weighted by Crippen LogP contribution is 2.35. The number of aliphatic carboxylic acids is 2. The first-order valence-corrected chi connectivity index (χ1v) is 15.2. The van der Waals surface area contributed by atoms with Gasteiger partial charge in [0.25, 0.3) is 0 Å². The quantitative estimate of drug-likeness (QED) is 0.118. The Hall–Kier alpha value is -2.96. The van der Waals surface area contributed by atoms with Crippen molar-refractivity contribution < 1.29 is 91.5 Å². The molecule has 0 amide bonds. The molecule has 0 radical (unpaired) electrons. The molecule has 0 aromatic heterocycles. The topological polar surface area (TPSA) is 127 Å². The van der Waals surface area contributed by atoms with Crippen molar-refractivity contribution in [2.45, 2.75) is 142 Å². The molecule has 2 N–H and O–H groups in total. The lowest BCUT2D eigenvalue weighted by atomic mass is 9.84. The average Bonchev–Trinajstić information content (AvgIpc) is 2.82. The number of rotatable bonds is 16. The number of carboxylic acid groups (broad SMARTS) is 2. The van der Waals surface area contributed by atoms with Gasteiger partial charge < -0.3 is 19.7 Å². The van der Waals surface area contributed by atoms with Crippen molar-refractivity contribution in [2.24, 2.45) is 23.7 Å². The smallest absolute Gasteiger partial charge is 0.389 e. The zero-order valence-corrected chi connectivity index (χ0v) is 28.3. The van der Waals surface area contributed by atoms with Crippen molar-refractivity contribution in [1.82, 2.24) is 0 Å². The Balaban J connectivity index is 0. The van der Waals surface area contributed by atoms with Gasteiger partial charge in [0, 0.05) is 25.7 Å². The van der Waals surface area contributed by atoms with E-state index in [0.717, 1.165) is 0 Å². The van der Waals surface area contributed by atoms with Crippen molar-refractivity contribution in [3.63, 3.8) is 0 Å². The van der Waals surface area contributed by atoms with E-state index in [0.29, 0.717) is 0 Å². The van der Waals surface area contributed by atoms with Crippen LogP contribution >= 0.6 is 0 Å². The predicted octanol–water partition coefficient (Wildman–Crippen LogP) is 9.44. The van der Waals surface area contributed by atoms with Gasteiger partial charge in [-0.3, -0.25) is 19.2 Å².